The SMILES string of the molecule is CCSc1c(O)c2c(c(O)c1SCC)C(=O)C1=C(C[C@](C)(O)[C@H](O)[C@H]1O)C2=O. The minimum absolute atomic E-state index is 0.154. The molecule has 7 nitrogen and oxygen atoms in total. The van der Waals surface area contributed by atoms with Crippen LogP contribution >= 0.6 is 23.5 Å². The van der Waals surface area contributed by atoms with Crippen molar-refractivity contribution in [1.29, 1.82) is 0 Å². The highest BCUT2D eigenvalue weighted by Crippen LogP contribution is 2.52. The number of phenols is 2. The monoisotopic (exact) mass is 426 g/mol. The molecule has 1 aromatic rings. The molecule has 0 aliphatic heterocycles. The van der Waals surface area contributed by atoms with Gasteiger partial charge in [-0.3, -0.25) is 9.59 Å². The molecule has 0 aromatic heterocycles. The number of carbonyl (C=O) groups excluding carboxylic acids is 2. The number of aliphatic hydroxyl groups excluding tert-OH is 2. The van der Waals surface area contributed by atoms with Gasteiger partial charge in [0.05, 0.1) is 26.5 Å². The molecule has 0 bridgehead atoms. The molecule has 0 radical (unpaired) electrons. The fourth-order valence-corrected chi connectivity index (χ4v) is 5.54. The van der Waals surface area contributed by atoms with Crippen molar-refractivity contribution in [3.63, 3.8) is 0 Å². The Morgan fingerprint density at radius 3 is 1.89 bits per heavy atom. The van der Waals surface area contributed by atoms with Crippen molar-refractivity contribution in [2.75, 3.05) is 11.5 Å². The van der Waals surface area contributed by atoms with E-state index in [1.54, 1.807) is 0 Å². The van der Waals surface area contributed by atoms with Gasteiger partial charge in [0.2, 0.25) is 0 Å². The first-order valence-electron chi connectivity index (χ1n) is 8.86. The van der Waals surface area contributed by atoms with Gasteiger partial charge < -0.3 is 25.5 Å². The summed E-state index contributed by atoms with van der Waals surface area (Å²) in [7, 11) is 0. The van der Waals surface area contributed by atoms with Crippen LogP contribution in [0.25, 0.3) is 0 Å². The van der Waals surface area contributed by atoms with Gasteiger partial charge in [-0.1, -0.05) is 13.8 Å². The molecule has 3 rings (SSSR count). The molecule has 0 unspecified atom stereocenters. The molecule has 2 aliphatic rings. The quantitative estimate of drug-likeness (QED) is 0.361. The zero-order chi connectivity index (χ0) is 21.0. The lowest BCUT2D eigenvalue weighted by atomic mass is 9.70. The molecule has 3 atom stereocenters. The van der Waals surface area contributed by atoms with Crippen molar-refractivity contribution in [3.05, 3.63) is 22.3 Å². The number of rotatable bonds is 4. The average molecular weight is 427 g/mol. The highest BCUT2D eigenvalue weighted by molar-refractivity contribution is 8.02. The molecule has 0 fully saturated rings. The number of aliphatic hydroxyl groups is 3. The summed E-state index contributed by atoms with van der Waals surface area (Å²) in [5.74, 6) is -1.25. The molecular formula is C19H22O7S2. The van der Waals surface area contributed by atoms with Gasteiger partial charge >= 0.3 is 0 Å². The van der Waals surface area contributed by atoms with Crippen LogP contribution in [0.1, 0.15) is 47.9 Å². The van der Waals surface area contributed by atoms with E-state index in [-0.39, 0.29) is 34.4 Å². The minimum Gasteiger partial charge on any atom is -0.506 e. The molecule has 0 saturated carbocycles. The van der Waals surface area contributed by atoms with Crippen LogP contribution in [0.5, 0.6) is 11.5 Å². The van der Waals surface area contributed by atoms with Gasteiger partial charge in [-0.05, 0) is 18.4 Å². The maximum absolute atomic E-state index is 13.1. The number of fused-ring (bicyclic) bond motifs is 1. The lowest BCUT2D eigenvalue weighted by Crippen LogP contribution is -2.54. The number of phenolic OH excluding ortho intramolecular Hbond substituents is 2. The van der Waals surface area contributed by atoms with Gasteiger partial charge in [0.15, 0.2) is 11.6 Å². The third-order valence-corrected chi connectivity index (χ3v) is 7.08. The average Bonchev–Trinajstić information content (AvgIpc) is 2.63. The van der Waals surface area contributed by atoms with Crippen LogP contribution in [0.15, 0.2) is 20.9 Å². The van der Waals surface area contributed by atoms with Crippen molar-refractivity contribution in [2.24, 2.45) is 0 Å². The third-order valence-electron chi connectivity index (χ3n) is 5.00. The summed E-state index contributed by atoms with van der Waals surface area (Å²) in [5, 5.41) is 52.5. The van der Waals surface area contributed by atoms with E-state index in [9.17, 15) is 35.1 Å². The summed E-state index contributed by atoms with van der Waals surface area (Å²) >= 11 is 2.47. The Morgan fingerprint density at radius 2 is 1.43 bits per heavy atom. The van der Waals surface area contributed by atoms with E-state index >= 15 is 0 Å². The van der Waals surface area contributed by atoms with Gasteiger partial charge in [0.1, 0.15) is 23.7 Å². The van der Waals surface area contributed by atoms with Crippen LogP contribution in [-0.4, -0.2) is 66.4 Å². The molecule has 2 aliphatic carbocycles. The summed E-state index contributed by atoms with van der Waals surface area (Å²) in [6.45, 7) is 4.96. The molecule has 0 saturated heterocycles. The van der Waals surface area contributed by atoms with Crippen molar-refractivity contribution < 1.29 is 35.1 Å². The molecule has 152 valence electrons. The number of aromatic hydroxyl groups is 2. The van der Waals surface area contributed by atoms with E-state index in [1.807, 2.05) is 13.8 Å². The smallest absolute Gasteiger partial charge is 0.196 e. The first kappa shape index (κ1) is 21.2. The van der Waals surface area contributed by atoms with Crippen LogP contribution in [0.2, 0.25) is 0 Å². The lowest BCUT2D eigenvalue weighted by molar-refractivity contribution is -0.111. The van der Waals surface area contributed by atoms with Crippen LogP contribution in [0.3, 0.4) is 0 Å². The summed E-state index contributed by atoms with van der Waals surface area (Å²) in [5.41, 5.74) is -3.00. The van der Waals surface area contributed by atoms with E-state index in [0.717, 1.165) is 0 Å². The second-order valence-electron chi connectivity index (χ2n) is 6.95. The number of hydrogen-bond acceptors (Lipinski definition) is 9. The van der Waals surface area contributed by atoms with Crippen LogP contribution in [0, 0.1) is 0 Å². The molecule has 0 spiro atoms. The Labute approximate surface area is 170 Å². The van der Waals surface area contributed by atoms with E-state index in [2.05, 4.69) is 0 Å². The van der Waals surface area contributed by atoms with Gasteiger partial charge in [-0.25, -0.2) is 0 Å². The summed E-state index contributed by atoms with van der Waals surface area (Å²) < 4.78 is 0. The number of benzene rings is 1. The highest BCUT2D eigenvalue weighted by Gasteiger charge is 2.51. The summed E-state index contributed by atoms with van der Waals surface area (Å²) in [6.07, 6.45) is -3.80. The maximum Gasteiger partial charge on any atom is 0.196 e. The highest BCUT2D eigenvalue weighted by atomic mass is 32.2. The van der Waals surface area contributed by atoms with Crippen molar-refractivity contribution in [2.45, 2.75) is 54.8 Å². The van der Waals surface area contributed by atoms with Gasteiger partial charge in [0, 0.05) is 17.6 Å². The fraction of sp³-hybridized carbons (Fsp3) is 0.474. The summed E-state index contributed by atoms with van der Waals surface area (Å²) in [6, 6.07) is 0. The Morgan fingerprint density at radius 1 is 0.964 bits per heavy atom. The molecule has 5 N–H and O–H groups in total. The molecule has 9 heteroatoms. The minimum atomic E-state index is -1.82. The second-order valence-corrected chi connectivity index (χ2v) is 9.49. The van der Waals surface area contributed by atoms with Gasteiger partial charge in [-0.15, -0.1) is 23.5 Å². The largest absolute Gasteiger partial charge is 0.506 e. The standard InChI is InChI=1S/C19H22O7S2/c1-4-27-16-13(22)9-10(14(23)17(16)28-5-2)12(21)8-7(11(9)20)6-19(3,26)18(25)15(8)24/h15,18,22-26H,4-6H2,1-3H3/t15-,18+,19-/m0/s1. The molecule has 0 heterocycles. The van der Waals surface area contributed by atoms with E-state index in [0.29, 0.717) is 21.3 Å². The number of ketones is 2. The number of thioether (sulfide) groups is 2. The Balaban J connectivity index is 2.31. The van der Waals surface area contributed by atoms with Crippen LogP contribution < -0.4 is 0 Å². The predicted octanol–water partition coefficient (Wildman–Crippen LogP) is 1.87. The Hall–Kier alpha value is -1.52. The number of carbonyl (C=O) groups is 2. The van der Waals surface area contributed by atoms with Crippen molar-refractivity contribution >= 4 is 35.1 Å². The van der Waals surface area contributed by atoms with Crippen molar-refractivity contribution in [1.82, 2.24) is 0 Å². The van der Waals surface area contributed by atoms with E-state index in [1.165, 1.54) is 30.4 Å². The van der Waals surface area contributed by atoms with Crippen LogP contribution in [-0.2, 0) is 0 Å². The van der Waals surface area contributed by atoms with Gasteiger partial charge in [0.25, 0.3) is 0 Å². The molecule has 0 amide bonds. The lowest BCUT2D eigenvalue weighted by Gasteiger charge is -2.40. The van der Waals surface area contributed by atoms with Gasteiger partial charge in [-0.2, -0.15) is 0 Å². The Bertz CT molecular complexity index is 904. The zero-order valence-corrected chi connectivity index (χ0v) is 17.3. The predicted molar refractivity (Wildman–Crippen MR) is 106 cm³/mol. The first-order valence-corrected chi connectivity index (χ1v) is 10.8. The summed E-state index contributed by atoms with van der Waals surface area (Å²) in [4.78, 5) is 26.9. The second kappa shape index (κ2) is 7.38. The molecule has 28 heavy (non-hydrogen) atoms. The third kappa shape index (κ3) is 2.96. The normalized spacial score (nSPS) is 27.1. The number of Topliss-reactive ketones (excluding diaryl/α,β-unsaturated/α-hetero) is 2. The van der Waals surface area contributed by atoms with E-state index in [4.69, 9.17) is 0 Å². The number of hydrogen-bond donors (Lipinski definition) is 5. The fourth-order valence-electron chi connectivity index (χ4n) is 3.67. The van der Waals surface area contributed by atoms with Crippen molar-refractivity contribution in [3.8, 4) is 11.5 Å². The topological polar surface area (TPSA) is 135 Å². The zero-order valence-electron chi connectivity index (χ0n) is 15.6. The van der Waals surface area contributed by atoms with Crippen LogP contribution in [0.4, 0.5) is 0 Å². The Kier molecular flexibility index (Phi) is 5.59. The van der Waals surface area contributed by atoms with E-state index < -0.39 is 35.1 Å². The first-order chi connectivity index (χ1) is 13.1. The maximum atomic E-state index is 13.1. The molecule has 1 aromatic carbocycles. The molecular weight excluding hydrogens is 404 g/mol.